The minimum Gasteiger partial charge on any atom is -0.478 e. The Bertz CT molecular complexity index is 509. The lowest BCUT2D eigenvalue weighted by molar-refractivity contribution is -0.144. The van der Waals surface area contributed by atoms with Crippen LogP contribution in [0.25, 0.3) is 0 Å². The van der Waals surface area contributed by atoms with Gasteiger partial charge in [0, 0.05) is 6.42 Å². The van der Waals surface area contributed by atoms with Gasteiger partial charge in [-0.25, -0.2) is 4.79 Å². The Morgan fingerprint density at radius 3 is 2.45 bits per heavy atom. The van der Waals surface area contributed by atoms with Crippen molar-refractivity contribution in [1.29, 1.82) is 0 Å². The van der Waals surface area contributed by atoms with Crippen LogP contribution in [0.1, 0.15) is 34.8 Å². The van der Waals surface area contributed by atoms with Crippen LogP contribution in [0.3, 0.4) is 0 Å². The van der Waals surface area contributed by atoms with E-state index in [-0.39, 0.29) is 25.0 Å². The zero-order valence-electron chi connectivity index (χ0n) is 10.7. The van der Waals surface area contributed by atoms with Gasteiger partial charge >= 0.3 is 18.1 Å². The second-order valence-corrected chi connectivity index (χ2v) is 3.98. The summed E-state index contributed by atoms with van der Waals surface area (Å²) in [5.41, 5.74) is -1.62. The Morgan fingerprint density at radius 1 is 1.30 bits per heavy atom. The van der Waals surface area contributed by atoms with Crippen LogP contribution in [-0.2, 0) is 22.1 Å². The predicted octanol–water partition coefficient (Wildman–Crippen LogP) is 2.90. The number of aromatic carboxylic acids is 1. The number of rotatable bonds is 5. The molecule has 0 atom stereocenters. The number of carboxylic acid groups (broad SMARTS) is 1. The van der Waals surface area contributed by atoms with Gasteiger partial charge in [0.2, 0.25) is 0 Å². The fourth-order valence-corrected chi connectivity index (χ4v) is 1.66. The SMILES string of the molecule is CCOC(=O)CCc1ccc(C(=O)O)cc1C(F)(F)F. The molecule has 0 heterocycles. The summed E-state index contributed by atoms with van der Waals surface area (Å²) in [5, 5.41) is 8.71. The van der Waals surface area contributed by atoms with E-state index >= 15 is 0 Å². The van der Waals surface area contributed by atoms with Gasteiger partial charge in [0.25, 0.3) is 0 Å². The van der Waals surface area contributed by atoms with Crippen LogP contribution in [0.5, 0.6) is 0 Å². The molecule has 110 valence electrons. The first kappa shape index (κ1) is 16.0. The molecule has 0 saturated heterocycles. The van der Waals surface area contributed by atoms with E-state index in [1.165, 1.54) is 0 Å². The number of hydrogen-bond donors (Lipinski definition) is 1. The van der Waals surface area contributed by atoms with E-state index in [1.807, 2.05) is 0 Å². The quantitative estimate of drug-likeness (QED) is 0.847. The lowest BCUT2D eigenvalue weighted by atomic mass is 9.99. The van der Waals surface area contributed by atoms with Crippen molar-refractivity contribution in [3.8, 4) is 0 Å². The Kier molecular flexibility index (Phi) is 5.12. The van der Waals surface area contributed by atoms with Gasteiger partial charge in [0.05, 0.1) is 17.7 Å². The number of aryl methyl sites for hydroxylation is 1. The molecule has 0 aromatic heterocycles. The van der Waals surface area contributed by atoms with Gasteiger partial charge in [-0.3, -0.25) is 4.79 Å². The van der Waals surface area contributed by atoms with Crippen molar-refractivity contribution < 1.29 is 32.6 Å². The standard InChI is InChI=1S/C13H13F3O4/c1-2-20-11(17)6-5-8-3-4-9(12(18)19)7-10(8)13(14,15)16/h3-4,7H,2,5-6H2,1H3,(H,18,19). The highest BCUT2D eigenvalue weighted by atomic mass is 19.4. The van der Waals surface area contributed by atoms with E-state index in [0.717, 1.165) is 12.1 Å². The number of hydrogen-bond acceptors (Lipinski definition) is 3. The van der Waals surface area contributed by atoms with Gasteiger partial charge in [-0.2, -0.15) is 13.2 Å². The maximum Gasteiger partial charge on any atom is 0.416 e. The minimum absolute atomic E-state index is 0.129. The molecule has 1 N–H and O–H groups in total. The number of carbonyl (C=O) groups excluding carboxylic acids is 1. The first-order valence-electron chi connectivity index (χ1n) is 5.84. The Labute approximate surface area is 113 Å². The van der Waals surface area contributed by atoms with Gasteiger partial charge in [-0.15, -0.1) is 0 Å². The van der Waals surface area contributed by atoms with Crippen molar-refractivity contribution in [1.82, 2.24) is 0 Å². The zero-order valence-corrected chi connectivity index (χ0v) is 10.7. The predicted molar refractivity (Wildman–Crippen MR) is 63.4 cm³/mol. The van der Waals surface area contributed by atoms with Crippen LogP contribution in [0.15, 0.2) is 18.2 Å². The minimum atomic E-state index is -4.67. The molecule has 1 aromatic carbocycles. The van der Waals surface area contributed by atoms with Crippen molar-refractivity contribution in [2.45, 2.75) is 25.9 Å². The number of halogens is 3. The summed E-state index contributed by atoms with van der Waals surface area (Å²) in [6, 6.07) is 2.73. The molecule has 0 bridgehead atoms. The molecule has 0 fully saturated rings. The summed E-state index contributed by atoms with van der Waals surface area (Å²) in [5.74, 6) is -2.03. The molecule has 0 aliphatic heterocycles. The van der Waals surface area contributed by atoms with Gasteiger partial charge in [-0.05, 0) is 31.0 Å². The molecule has 0 spiro atoms. The molecule has 0 unspecified atom stereocenters. The average molecular weight is 290 g/mol. The lowest BCUT2D eigenvalue weighted by Crippen LogP contribution is -2.13. The highest BCUT2D eigenvalue weighted by molar-refractivity contribution is 5.88. The largest absolute Gasteiger partial charge is 0.478 e. The summed E-state index contributed by atoms with van der Waals surface area (Å²) < 4.78 is 43.2. The number of alkyl halides is 3. The Morgan fingerprint density at radius 2 is 1.95 bits per heavy atom. The van der Waals surface area contributed by atoms with Crippen molar-refractivity contribution in [2.24, 2.45) is 0 Å². The molecule has 0 aliphatic carbocycles. The zero-order chi connectivity index (χ0) is 15.3. The molecule has 1 aromatic rings. The average Bonchev–Trinajstić information content (AvgIpc) is 2.35. The number of benzene rings is 1. The molecular weight excluding hydrogens is 277 g/mol. The summed E-state index contributed by atoms with van der Waals surface area (Å²) in [4.78, 5) is 21.9. The Hall–Kier alpha value is -2.05. The van der Waals surface area contributed by atoms with Crippen LogP contribution in [0.2, 0.25) is 0 Å². The Balaban J connectivity index is 3.01. The molecule has 4 nitrogen and oxygen atoms in total. The molecule has 0 aliphatic rings. The van der Waals surface area contributed by atoms with E-state index in [2.05, 4.69) is 4.74 Å². The molecule has 0 saturated carbocycles. The van der Waals surface area contributed by atoms with Crippen LogP contribution >= 0.6 is 0 Å². The number of carboxylic acids is 1. The van der Waals surface area contributed by atoms with E-state index in [1.54, 1.807) is 6.92 Å². The smallest absolute Gasteiger partial charge is 0.416 e. The molecule has 0 amide bonds. The number of carbonyl (C=O) groups is 2. The highest BCUT2D eigenvalue weighted by Crippen LogP contribution is 2.33. The van der Waals surface area contributed by atoms with Crippen molar-refractivity contribution in [3.63, 3.8) is 0 Å². The van der Waals surface area contributed by atoms with E-state index < -0.39 is 29.2 Å². The van der Waals surface area contributed by atoms with Crippen LogP contribution in [-0.4, -0.2) is 23.7 Å². The first-order valence-corrected chi connectivity index (χ1v) is 5.84. The maximum atomic E-state index is 12.9. The van der Waals surface area contributed by atoms with Crippen molar-refractivity contribution in [2.75, 3.05) is 6.61 Å². The highest BCUT2D eigenvalue weighted by Gasteiger charge is 2.34. The third-order valence-corrected chi connectivity index (χ3v) is 2.57. The second-order valence-electron chi connectivity index (χ2n) is 3.98. The van der Waals surface area contributed by atoms with Gasteiger partial charge in [0.1, 0.15) is 0 Å². The van der Waals surface area contributed by atoms with E-state index in [4.69, 9.17) is 5.11 Å². The van der Waals surface area contributed by atoms with Crippen LogP contribution < -0.4 is 0 Å². The molecule has 0 radical (unpaired) electrons. The van der Waals surface area contributed by atoms with Gasteiger partial charge in [0.15, 0.2) is 0 Å². The maximum absolute atomic E-state index is 12.9. The fourth-order valence-electron chi connectivity index (χ4n) is 1.66. The summed E-state index contributed by atoms with van der Waals surface area (Å²) in [7, 11) is 0. The normalized spacial score (nSPS) is 11.2. The summed E-state index contributed by atoms with van der Waals surface area (Å²) in [6.07, 6.45) is -5.02. The third kappa shape index (κ3) is 4.25. The molecule has 20 heavy (non-hydrogen) atoms. The lowest BCUT2D eigenvalue weighted by Gasteiger charge is -2.13. The topological polar surface area (TPSA) is 63.6 Å². The van der Waals surface area contributed by atoms with Crippen LogP contribution in [0.4, 0.5) is 13.2 Å². The van der Waals surface area contributed by atoms with Gasteiger partial charge in [-0.1, -0.05) is 6.07 Å². The van der Waals surface area contributed by atoms with Crippen molar-refractivity contribution >= 4 is 11.9 Å². The molecule has 1 rings (SSSR count). The van der Waals surface area contributed by atoms with Gasteiger partial charge < -0.3 is 9.84 Å². The first-order chi connectivity index (χ1) is 9.25. The fraction of sp³-hybridized carbons (Fsp3) is 0.385. The summed E-state index contributed by atoms with van der Waals surface area (Å²) >= 11 is 0. The molecular formula is C13H13F3O4. The number of esters is 1. The second kappa shape index (κ2) is 6.40. The van der Waals surface area contributed by atoms with Crippen LogP contribution in [0, 0.1) is 0 Å². The monoisotopic (exact) mass is 290 g/mol. The van der Waals surface area contributed by atoms with E-state index in [9.17, 15) is 22.8 Å². The molecule has 7 heteroatoms. The van der Waals surface area contributed by atoms with Crippen molar-refractivity contribution in [3.05, 3.63) is 34.9 Å². The number of ether oxygens (including phenoxy) is 1. The third-order valence-electron chi connectivity index (χ3n) is 2.57. The van der Waals surface area contributed by atoms with E-state index in [0.29, 0.717) is 6.07 Å². The summed E-state index contributed by atoms with van der Waals surface area (Å²) in [6.45, 7) is 1.75.